The zero-order valence-electron chi connectivity index (χ0n) is 10.6. The van der Waals surface area contributed by atoms with Crippen LogP contribution in [0.3, 0.4) is 0 Å². The molecule has 2 rings (SSSR count). The first-order chi connectivity index (χ1) is 9.51. The monoisotopic (exact) mass is 282 g/mol. The quantitative estimate of drug-likeness (QED) is 0.375. The summed E-state index contributed by atoms with van der Waals surface area (Å²) in [5.74, 6) is -0.300. The summed E-state index contributed by atoms with van der Waals surface area (Å²) in [4.78, 5) is 3.87. The number of methoxy groups -OCH3 is 1. The molecule has 1 aliphatic heterocycles. The van der Waals surface area contributed by atoms with Crippen molar-refractivity contribution in [3.05, 3.63) is 17.7 Å². The van der Waals surface area contributed by atoms with Gasteiger partial charge in [0.2, 0.25) is 5.90 Å². The molecule has 1 aliphatic rings. The predicted octanol–water partition coefficient (Wildman–Crippen LogP) is -1.66. The second-order valence-electron chi connectivity index (χ2n) is 4.27. The van der Waals surface area contributed by atoms with Crippen LogP contribution in [-0.2, 0) is 9.47 Å². The van der Waals surface area contributed by atoms with E-state index >= 15 is 0 Å². The molecule has 0 aliphatic carbocycles. The highest BCUT2D eigenvalue weighted by Gasteiger charge is 2.39. The third kappa shape index (κ3) is 2.25. The number of hydrogen-bond acceptors (Lipinski definition) is 8. The number of nitrogens with zero attached hydrogens (tertiary/aromatic N) is 3. The Labute approximate surface area is 114 Å². The first-order valence-electron chi connectivity index (χ1n) is 5.77. The Bertz CT molecular complexity index is 551. The molecule has 0 aromatic carbocycles. The van der Waals surface area contributed by atoms with Crippen LogP contribution in [0.1, 0.15) is 17.6 Å². The Morgan fingerprint density at radius 2 is 2.25 bits per heavy atom. The van der Waals surface area contributed by atoms with Crippen molar-refractivity contribution in [2.24, 2.45) is 0 Å². The molecule has 4 atom stereocenters. The lowest BCUT2D eigenvalue weighted by Gasteiger charge is -2.35. The summed E-state index contributed by atoms with van der Waals surface area (Å²) < 4.78 is 11.1. The summed E-state index contributed by atoms with van der Waals surface area (Å²) in [5.41, 5.74) is -0.0316. The molecule has 2 heterocycles. The number of ether oxygens (including phenoxy) is 2. The van der Waals surface area contributed by atoms with Gasteiger partial charge in [-0.15, -0.1) is 0 Å². The minimum Gasteiger partial charge on any atom is -0.480 e. The first-order valence-corrected chi connectivity index (χ1v) is 5.77. The number of imidazole rings is 1. The lowest BCUT2D eigenvalue weighted by Crippen LogP contribution is -2.50. The van der Waals surface area contributed by atoms with Crippen molar-refractivity contribution in [1.82, 2.24) is 9.55 Å². The Hall–Kier alpha value is -1.99. The minimum atomic E-state index is -1.43. The van der Waals surface area contributed by atoms with Gasteiger partial charge in [-0.3, -0.25) is 9.98 Å². The SMILES string of the molecule is COC(=N)c1ncn([C@@H]2OC[C@@H](O)[C@@H](O)[C@H]2O)c1C#N. The van der Waals surface area contributed by atoms with Crippen LogP contribution in [0.25, 0.3) is 0 Å². The van der Waals surface area contributed by atoms with E-state index in [0.717, 1.165) is 0 Å². The molecule has 0 amide bonds. The molecule has 1 saturated heterocycles. The van der Waals surface area contributed by atoms with Gasteiger partial charge < -0.3 is 24.8 Å². The second kappa shape index (κ2) is 5.56. The molecule has 9 heteroatoms. The van der Waals surface area contributed by atoms with Crippen LogP contribution in [0, 0.1) is 16.7 Å². The Balaban J connectivity index is 2.37. The van der Waals surface area contributed by atoms with Crippen LogP contribution in [0.15, 0.2) is 6.33 Å². The smallest absolute Gasteiger partial charge is 0.235 e. The van der Waals surface area contributed by atoms with Crippen LogP contribution in [0.4, 0.5) is 0 Å². The van der Waals surface area contributed by atoms with Gasteiger partial charge in [0, 0.05) is 0 Å². The van der Waals surface area contributed by atoms with E-state index in [-0.39, 0.29) is 23.9 Å². The summed E-state index contributed by atoms with van der Waals surface area (Å²) >= 11 is 0. The minimum absolute atomic E-state index is 0.00594. The largest absolute Gasteiger partial charge is 0.480 e. The Morgan fingerprint density at radius 1 is 1.55 bits per heavy atom. The van der Waals surface area contributed by atoms with Crippen molar-refractivity contribution in [1.29, 1.82) is 10.7 Å². The lowest BCUT2D eigenvalue weighted by molar-refractivity contribution is -0.211. The van der Waals surface area contributed by atoms with Crippen molar-refractivity contribution in [3.8, 4) is 6.07 Å². The number of hydrogen-bond donors (Lipinski definition) is 4. The highest BCUT2D eigenvalue weighted by atomic mass is 16.5. The van der Waals surface area contributed by atoms with E-state index in [0.29, 0.717) is 0 Å². The zero-order chi connectivity index (χ0) is 14.9. The van der Waals surface area contributed by atoms with Gasteiger partial charge in [-0.2, -0.15) is 5.26 Å². The van der Waals surface area contributed by atoms with Gasteiger partial charge in [0.15, 0.2) is 17.6 Å². The number of nitriles is 1. The van der Waals surface area contributed by atoms with Crippen LogP contribution in [-0.4, -0.2) is 62.8 Å². The first kappa shape index (κ1) is 14.4. The van der Waals surface area contributed by atoms with Gasteiger partial charge in [0.1, 0.15) is 24.4 Å². The van der Waals surface area contributed by atoms with Gasteiger partial charge in [0.05, 0.1) is 20.0 Å². The topological polar surface area (TPSA) is 145 Å². The van der Waals surface area contributed by atoms with Crippen molar-refractivity contribution in [3.63, 3.8) is 0 Å². The fourth-order valence-electron chi connectivity index (χ4n) is 1.96. The fraction of sp³-hybridized carbons (Fsp3) is 0.545. The van der Waals surface area contributed by atoms with Gasteiger partial charge in [-0.05, 0) is 0 Å². The normalized spacial score (nSPS) is 29.8. The molecule has 1 aromatic rings. The maximum Gasteiger partial charge on any atom is 0.235 e. The second-order valence-corrected chi connectivity index (χ2v) is 4.27. The van der Waals surface area contributed by atoms with Gasteiger partial charge >= 0.3 is 0 Å². The molecule has 108 valence electrons. The molecule has 9 nitrogen and oxygen atoms in total. The molecular formula is C11H14N4O5. The number of nitrogens with one attached hydrogen (secondary N) is 1. The molecule has 0 unspecified atom stereocenters. The van der Waals surface area contributed by atoms with Crippen LogP contribution in [0.2, 0.25) is 0 Å². The molecule has 4 N–H and O–H groups in total. The van der Waals surface area contributed by atoms with E-state index in [9.17, 15) is 15.3 Å². The third-order valence-corrected chi connectivity index (χ3v) is 3.07. The van der Waals surface area contributed by atoms with E-state index < -0.39 is 24.5 Å². The maximum absolute atomic E-state index is 9.91. The van der Waals surface area contributed by atoms with Crippen molar-refractivity contribution < 1.29 is 24.8 Å². The van der Waals surface area contributed by atoms with E-state index in [1.54, 1.807) is 0 Å². The standard InChI is InChI=1S/C11H14N4O5/c1-19-10(13)7-5(2-12)15(4-14-7)11-9(18)8(17)6(16)3-20-11/h4,6,8-9,11,13,16-18H,3H2,1H3/t6-,8-,9-,11-/m1/s1. The number of aromatic nitrogens is 2. The zero-order valence-corrected chi connectivity index (χ0v) is 10.6. The lowest BCUT2D eigenvalue weighted by atomic mass is 10.0. The van der Waals surface area contributed by atoms with Gasteiger partial charge in [0.25, 0.3) is 0 Å². The van der Waals surface area contributed by atoms with E-state index in [2.05, 4.69) is 4.98 Å². The number of rotatable bonds is 2. The summed E-state index contributed by atoms with van der Waals surface area (Å²) in [6, 6.07) is 1.85. The van der Waals surface area contributed by atoms with Crippen molar-refractivity contribution >= 4 is 5.90 Å². The van der Waals surface area contributed by atoms with Crippen molar-refractivity contribution in [2.45, 2.75) is 24.5 Å². The highest BCUT2D eigenvalue weighted by Crippen LogP contribution is 2.26. The summed E-state index contributed by atoms with van der Waals surface area (Å²) in [7, 11) is 1.27. The van der Waals surface area contributed by atoms with E-state index in [4.69, 9.17) is 20.1 Å². The summed E-state index contributed by atoms with van der Waals surface area (Å²) in [6.45, 7) is -0.191. The summed E-state index contributed by atoms with van der Waals surface area (Å²) in [5, 5.41) is 45.6. The third-order valence-electron chi connectivity index (χ3n) is 3.07. The number of aliphatic hydroxyl groups excluding tert-OH is 3. The molecule has 0 radical (unpaired) electrons. The number of aliphatic hydroxyl groups is 3. The van der Waals surface area contributed by atoms with E-state index in [1.165, 1.54) is 18.0 Å². The molecule has 0 spiro atoms. The fourth-order valence-corrected chi connectivity index (χ4v) is 1.96. The Morgan fingerprint density at radius 3 is 2.85 bits per heavy atom. The Kier molecular flexibility index (Phi) is 4.01. The molecule has 0 bridgehead atoms. The van der Waals surface area contributed by atoms with Crippen LogP contribution >= 0.6 is 0 Å². The van der Waals surface area contributed by atoms with E-state index in [1.807, 2.05) is 6.07 Å². The molecular weight excluding hydrogens is 268 g/mol. The highest BCUT2D eigenvalue weighted by molar-refractivity contribution is 5.91. The van der Waals surface area contributed by atoms with Gasteiger partial charge in [-0.1, -0.05) is 0 Å². The molecule has 0 saturated carbocycles. The average Bonchev–Trinajstić information content (AvgIpc) is 2.87. The average molecular weight is 282 g/mol. The molecule has 20 heavy (non-hydrogen) atoms. The molecule has 1 aromatic heterocycles. The van der Waals surface area contributed by atoms with Crippen LogP contribution < -0.4 is 0 Å². The van der Waals surface area contributed by atoms with Gasteiger partial charge in [-0.25, -0.2) is 4.98 Å². The maximum atomic E-state index is 9.91. The summed E-state index contributed by atoms with van der Waals surface area (Å²) in [6.07, 6.45) is -3.89. The van der Waals surface area contributed by atoms with Crippen molar-refractivity contribution in [2.75, 3.05) is 13.7 Å². The predicted molar refractivity (Wildman–Crippen MR) is 63.8 cm³/mol. The molecule has 1 fully saturated rings. The van der Waals surface area contributed by atoms with Crippen LogP contribution in [0.5, 0.6) is 0 Å².